The van der Waals surface area contributed by atoms with Gasteiger partial charge < -0.3 is 14.5 Å². The molecule has 160 valence electrons. The van der Waals surface area contributed by atoms with Crippen molar-refractivity contribution in [3.05, 3.63) is 77.1 Å². The lowest BCUT2D eigenvalue weighted by molar-refractivity contribution is -0.142. The van der Waals surface area contributed by atoms with Gasteiger partial charge in [0.25, 0.3) is 0 Å². The van der Waals surface area contributed by atoms with Gasteiger partial charge in [0.15, 0.2) is 0 Å². The molecule has 3 aliphatic rings. The number of amides is 2. The average Bonchev–Trinajstić information content (AvgIpc) is 3.39. The summed E-state index contributed by atoms with van der Waals surface area (Å²) in [4.78, 5) is 34.7. The van der Waals surface area contributed by atoms with Crippen molar-refractivity contribution >= 4 is 11.8 Å². The van der Waals surface area contributed by atoms with Crippen molar-refractivity contribution in [1.29, 1.82) is 0 Å². The summed E-state index contributed by atoms with van der Waals surface area (Å²) < 4.78 is 6.26. The standard InChI is InChI=1S/C25H27N3O3/c1-16-7-8-18(12-17(16)2)13-28-15-25-10-9-20(31-25)21(22(25)24(28)30)23(29)27(3)14-19-6-4-5-11-26-19/h4-12,20-22H,13-15H2,1-3H3/t20-,21+,22+,25-/m0/s1. The molecule has 0 unspecified atom stereocenters. The summed E-state index contributed by atoms with van der Waals surface area (Å²) in [5, 5.41) is 0. The fourth-order valence-corrected chi connectivity index (χ4v) is 5.18. The van der Waals surface area contributed by atoms with E-state index < -0.39 is 17.4 Å². The molecule has 0 saturated carbocycles. The van der Waals surface area contributed by atoms with Crippen molar-refractivity contribution < 1.29 is 14.3 Å². The van der Waals surface area contributed by atoms with Crippen LogP contribution in [0.2, 0.25) is 0 Å². The zero-order chi connectivity index (χ0) is 21.8. The summed E-state index contributed by atoms with van der Waals surface area (Å²) in [6.45, 7) is 5.60. The number of pyridine rings is 1. The summed E-state index contributed by atoms with van der Waals surface area (Å²) in [5.41, 5.74) is 3.68. The van der Waals surface area contributed by atoms with E-state index in [2.05, 4.69) is 37.0 Å². The molecular formula is C25H27N3O3. The van der Waals surface area contributed by atoms with Crippen LogP contribution in [0.3, 0.4) is 0 Å². The molecular weight excluding hydrogens is 390 g/mol. The highest BCUT2D eigenvalue weighted by atomic mass is 16.5. The van der Waals surface area contributed by atoms with E-state index in [0.717, 1.165) is 11.3 Å². The largest absolute Gasteiger partial charge is 0.360 e. The Hall–Kier alpha value is -2.99. The number of likely N-dealkylation sites (tertiary alicyclic amines) is 1. The summed E-state index contributed by atoms with van der Waals surface area (Å²) in [6, 6.07) is 11.9. The summed E-state index contributed by atoms with van der Waals surface area (Å²) in [5.74, 6) is -1.01. The fraction of sp³-hybridized carbons (Fsp3) is 0.400. The molecule has 31 heavy (non-hydrogen) atoms. The molecule has 3 aliphatic heterocycles. The molecule has 0 aliphatic carbocycles. The van der Waals surface area contributed by atoms with Crippen LogP contribution in [0, 0.1) is 25.7 Å². The van der Waals surface area contributed by atoms with Crippen LogP contribution in [-0.4, -0.2) is 51.9 Å². The van der Waals surface area contributed by atoms with E-state index in [1.807, 2.05) is 35.3 Å². The van der Waals surface area contributed by atoms with Gasteiger partial charge in [0.2, 0.25) is 11.8 Å². The second-order valence-corrected chi connectivity index (χ2v) is 9.03. The number of carbonyl (C=O) groups is 2. The highest BCUT2D eigenvalue weighted by Gasteiger charge is 2.67. The Morgan fingerprint density at radius 2 is 2.10 bits per heavy atom. The number of ether oxygens (including phenoxy) is 1. The first-order chi connectivity index (χ1) is 14.9. The average molecular weight is 418 g/mol. The lowest BCUT2D eigenvalue weighted by Gasteiger charge is -2.27. The highest BCUT2D eigenvalue weighted by Crippen LogP contribution is 2.52. The van der Waals surface area contributed by atoms with E-state index in [0.29, 0.717) is 19.6 Å². The van der Waals surface area contributed by atoms with Crippen LogP contribution in [0.25, 0.3) is 0 Å². The number of hydrogen-bond donors (Lipinski definition) is 0. The molecule has 4 heterocycles. The molecule has 6 heteroatoms. The number of fused-ring (bicyclic) bond motifs is 1. The topological polar surface area (TPSA) is 62.7 Å². The van der Waals surface area contributed by atoms with E-state index in [1.54, 1.807) is 18.1 Å². The minimum Gasteiger partial charge on any atom is -0.360 e. The van der Waals surface area contributed by atoms with Crippen molar-refractivity contribution in [2.75, 3.05) is 13.6 Å². The van der Waals surface area contributed by atoms with E-state index in [-0.39, 0.29) is 17.9 Å². The van der Waals surface area contributed by atoms with Gasteiger partial charge >= 0.3 is 0 Å². The Morgan fingerprint density at radius 1 is 1.26 bits per heavy atom. The van der Waals surface area contributed by atoms with Crippen molar-refractivity contribution in [1.82, 2.24) is 14.8 Å². The van der Waals surface area contributed by atoms with Crippen LogP contribution >= 0.6 is 0 Å². The zero-order valence-corrected chi connectivity index (χ0v) is 18.1. The molecule has 1 aromatic heterocycles. The van der Waals surface area contributed by atoms with Crippen molar-refractivity contribution in [2.45, 2.75) is 38.6 Å². The monoisotopic (exact) mass is 417 g/mol. The van der Waals surface area contributed by atoms with Gasteiger partial charge in [-0.05, 0) is 42.7 Å². The molecule has 5 rings (SSSR count). The van der Waals surface area contributed by atoms with E-state index in [1.165, 1.54) is 11.1 Å². The van der Waals surface area contributed by atoms with Crippen LogP contribution in [0.4, 0.5) is 0 Å². The van der Waals surface area contributed by atoms with E-state index >= 15 is 0 Å². The smallest absolute Gasteiger partial charge is 0.230 e. The maximum Gasteiger partial charge on any atom is 0.230 e. The van der Waals surface area contributed by atoms with Crippen LogP contribution in [0.1, 0.15) is 22.4 Å². The third-order valence-electron chi connectivity index (χ3n) is 6.91. The van der Waals surface area contributed by atoms with Crippen molar-refractivity contribution in [3.63, 3.8) is 0 Å². The lowest BCUT2D eigenvalue weighted by atomic mass is 9.76. The van der Waals surface area contributed by atoms with Crippen molar-refractivity contribution in [2.24, 2.45) is 11.8 Å². The number of hydrogen-bond acceptors (Lipinski definition) is 4. The third kappa shape index (κ3) is 3.26. The minimum atomic E-state index is -0.687. The van der Waals surface area contributed by atoms with Crippen molar-refractivity contribution in [3.8, 4) is 0 Å². The van der Waals surface area contributed by atoms with Gasteiger partial charge in [-0.1, -0.05) is 36.4 Å². The first-order valence-electron chi connectivity index (χ1n) is 10.7. The van der Waals surface area contributed by atoms with E-state index in [4.69, 9.17) is 4.74 Å². The first kappa shape index (κ1) is 19.9. The van der Waals surface area contributed by atoms with Gasteiger partial charge in [-0.3, -0.25) is 14.6 Å². The van der Waals surface area contributed by atoms with Crippen LogP contribution < -0.4 is 0 Å². The molecule has 4 atom stereocenters. The summed E-state index contributed by atoms with van der Waals surface area (Å²) in [6.07, 6.45) is 5.34. The second kappa shape index (κ2) is 7.31. The number of aryl methyl sites for hydroxylation is 2. The SMILES string of the molecule is Cc1ccc(CN2C[C@]34C=C[C@H](O3)[C@@H](C(=O)N(C)Cc3ccccn3)[C@@H]4C2=O)cc1C. The Morgan fingerprint density at radius 3 is 2.84 bits per heavy atom. The van der Waals surface area contributed by atoms with Gasteiger partial charge in [0.05, 0.1) is 36.7 Å². The maximum absolute atomic E-state index is 13.5. The van der Waals surface area contributed by atoms with Gasteiger partial charge in [0.1, 0.15) is 5.60 Å². The third-order valence-corrected chi connectivity index (χ3v) is 6.91. The molecule has 2 saturated heterocycles. The molecule has 2 bridgehead atoms. The molecule has 0 radical (unpaired) electrons. The minimum absolute atomic E-state index is 0.00895. The number of rotatable bonds is 5. The highest BCUT2D eigenvalue weighted by molar-refractivity contribution is 5.93. The van der Waals surface area contributed by atoms with Crippen LogP contribution in [0.15, 0.2) is 54.7 Å². The molecule has 0 N–H and O–H groups in total. The van der Waals surface area contributed by atoms with Gasteiger partial charge in [0, 0.05) is 19.8 Å². The summed E-state index contributed by atoms with van der Waals surface area (Å²) in [7, 11) is 1.77. The molecule has 2 aromatic rings. The molecule has 1 spiro atoms. The predicted octanol–water partition coefficient (Wildman–Crippen LogP) is 2.64. The normalized spacial score (nSPS) is 28.3. The predicted molar refractivity (Wildman–Crippen MR) is 116 cm³/mol. The Bertz CT molecular complexity index is 1070. The van der Waals surface area contributed by atoms with Gasteiger partial charge in [-0.25, -0.2) is 0 Å². The molecule has 2 fully saturated rings. The molecule has 1 aromatic carbocycles. The first-order valence-corrected chi connectivity index (χ1v) is 10.7. The quantitative estimate of drug-likeness (QED) is 0.702. The number of benzene rings is 1. The zero-order valence-electron chi connectivity index (χ0n) is 18.1. The molecule has 2 amide bonds. The van der Waals surface area contributed by atoms with Crippen LogP contribution in [-0.2, 0) is 27.4 Å². The number of aromatic nitrogens is 1. The number of nitrogens with zero attached hydrogens (tertiary/aromatic N) is 3. The maximum atomic E-state index is 13.5. The van der Waals surface area contributed by atoms with E-state index in [9.17, 15) is 9.59 Å². The fourth-order valence-electron chi connectivity index (χ4n) is 5.18. The number of carbonyl (C=O) groups excluding carboxylic acids is 2. The second-order valence-electron chi connectivity index (χ2n) is 9.03. The van der Waals surface area contributed by atoms with Crippen LogP contribution in [0.5, 0.6) is 0 Å². The Labute approximate surface area is 182 Å². The molecule has 6 nitrogen and oxygen atoms in total. The summed E-state index contributed by atoms with van der Waals surface area (Å²) >= 11 is 0. The Kier molecular flexibility index (Phi) is 4.70. The van der Waals surface area contributed by atoms with Gasteiger partial charge in [-0.2, -0.15) is 0 Å². The Balaban J connectivity index is 1.36. The van der Waals surface area contributed by atoms with Gasteiger partial charge in [-0.15, -0.1) is 0 Å². The lowest BCUT2D eigenvalue weighted by Crippen LogP contribution is -2.44.